The second-order valence-corrected chi connectivity index (χ2v) is 18.7. The molecule has 52 heavy (non-hydrogen) atoms. The van der Waals surface area contributed by atoms with Gasteiger partial charge in [0.1, 0.15) is 11.0 Å². The lowest BCUT2D eigenvalue weighted by atomic mass is 10.0. The van der Waals surface area contributed by atoms with Crippen molar-refractivity contribution in [3.05, 3.63) is 154 Å². The molecule has 0 fully saturated rings. The number of oxazole rings is 2. The van der Waals surface area contributed by atoms with Gasteiger partial charge in [-0.1, -0.05) is 117 Å². The zero-order valence-corrected chi connectivity index (χ0v) is 32.8. The van der Waals surface area contributed by atoms with Crippen LogP contribution in [0.5, 0.6) is 0 Å². The fourth-order valence-electron chi connectivity index (χ4n) is 7.88. The summed E-state index contributed by atoms with van der Waals surface area (Å²) in [6.07, 6.45) is 3.15. The number of rotatable bonds is 7. The normalized spacial score (nSPS) is 11.8. The molecule has 0 atom stereocenters. The Morgan fingerprint density at radius 1 is 0.365 bits per heavy atom. The Morgan fingerprint density at radius 3 is 0.904 bits per heavy atom. The van der Waals surface area contributed by atoms with Gasteiger partial charge in [-0.3, -0.25) is 0 Å². The number of aryl methyl sites for hydroxylation is 8. The van der Waals surface area contributed by atoms with E-state index in [2.05, 4.69) is 152 Å². The summed E-state index contributed by atoms with van der Waals surface area (Å²) >= 11 is 0. The van der Waals surface area contributed by atoms with Gasteiger partial charge in [-0.2, -0.15) is 0 Å². The zero-order chi connectivity index (χ0) is 36.3. The van der Waals surface area contributed by atoms with Gasteiger partial charge in [0.25, 0.3) is 0 Å². The van der Waals surface area contributed by atoms with Gasteiger partial charge in [0.05, 0.1) is 0 Å². The zero-order valence-electron chi connectivity index (χ0n) is 31.0. The Balaban J connectivity index is 1.53. The molecule has 2 heterocycles. The van der Waals surface area contributed by atoms with Crippen molar-refractivity contribution >= 4 is 69.9 Å². The summed E-state index contributed by atoms with van der Waals surface area (Å²) in [5, 5.41) is 7.67. The minimum Gasteiger partial charge on any atom is -0.443 e. The first-order chi connectivity index (χ1) is 25.0. The third kappa shape index (κ3) is 6.40. The summed E-state index contributed by atoms with van der Waals surface area (Å²) < 4.78 is 12.2. The van der Waals surface area contributed by atoms with E-state index in [0.29, 0.717) is 0 Å². The Hall–Kier alpha value is -4.88. The molecule has 0 spiro atoms. The molecule has 258 valence electrons. The molecule has 0 radical (unpaired) electrons. The first-order valence-electron chi connectivity index (χ1n) is 17.7. The topological polar surface area (TPSA) is 52.1 Å². The van der Waals surface area contributed by atoms with Crippen molar-refractivity contribution in [3.63, 3.8) is 0 Å². The Morgan fingerprint density at radius 2 is 0.635 bits per heavy atom. The van der Waals surface area contributed by atoms with Crippen LogP contribution in [0, 0.1) is 55.4 Å². The molecule has 8 aromatic rings. The van der Waals surface area contributed by atoms with Crippen LogP contribution in [0.3, 0.4) is 0 Å². The molecule has 0 aliphatic carbocycles. The highest BCUT2D eigenvalue weighted by Gasteiger charge is 2.31. The maximum Gasteiger partial charge on any atom is 0.182 e. The molecule has 6 heteroatoms. The predicted octanol–water partition coefficient (Wildman–Crippen LogP) is 9.62. The lowest BCUT2D eigenvalue weighted by Crippen LogP contribution is -2.27. The van der Waals surface area contributed by atoms with Crippen LogP contribution in [0.2, 0.25) is 0 Å². The lowest BCUT2D eigenvalue weighted by Gasteiger charge is -2.27. The van der Waals surface area contributed by atoms with E-state index in [1.807, 2.05) is 0 Å². The van der Waals surface area contributed by atoms with Crippen LogP contribution in [0.25, 0.3) is 33.3 Å². The molecule has 0 amide bonds. The Labute approximate surface area is 308 Å². The highest BCUT2D eigenvalue weighted by molar-refractivity contribution is 7.81. The van der Waals surface area contributed by atoms with E-state index in [1.165, 1.54) is 76.3 Å². The Kier molecular flexibility index (Phi) is 8.94. The molecular formula is C46H42N2O2P2. The largest absolute Gasteiger partial charge is 0.443 e. The van der Waals surface area contributed by atoms with Crippen molar-refractivity contribution in [1.82, 2.24) is 9.97 Å². The first kappa shape index (κ1) is 34.2. The van der Waals surface area contributed by atoms with Crippen molar-refractivity contribution in [2.24, 2.45) is 0 Å². The molecule has 4 nitrogen and oxygen atoms in total. The van der Waals surface area contributed by atoms with Gasteiger partial charge in [-0.15, -0.1) is 0 Å². The molecule has 0 saturated heterocycles. The molecule has 0 N–H and O–H groups in total. The minimum atomic E-state index is -1.04. The quantitative estimate of drug-likeness (QED) is 0.154. The summed E-state index contributed by atoms with van der Waals surface area (Å²) in [5.41, 5.74) is 15.3. The average Bonchev–Trinajstić information content (AvgIpc) is 3.74. The van der Waals surface area contributed by atoms with E-state index >= 15 is 0 Å². The maximum absolute atomic E-state index is 6.09. The first-order valence-corrected chi connectivity index (χ1v) is 20.4. The van der Waals surface area contributed by atoms with E-state index in [4.69, 9.17) is 18.8 Å². The predicted molar refractivity (Wildman–Crippen MR) is 222 cm³/mol. The number of nitrogens with zero attached hydrogens (tertiary/aromatic N) is 2. The maximum atomic E-state index is 6.09. The van der Waals surface area contributed by atoms with Crippen LogP contribution in [-0.2, 0) is 0 Å². The third-order valence-corrected chi connectivity index (χ3v) is 14.4. The highest BCUT2D eigenvalue weighted by atomic mass is 31.1. The van der Waals surface area contributed by atoms with Crippen LogP contribution >= 0.6 is 15.8 Å². The van der Waals surface area contributed by atoms with E-state index in [0.717, 1.165) is 33.3 Å². The lowest BCUT2D eigenvalue weighted by molar-refractivity contribution is 0.602. The highest BCUT2D eigenvalue weighted by Crippen LogP contribution is 2.46. The summed E-state index contributed by atoms with van der Waals surface area (Å²) in [6.45, 7) is 17.6. The van der Waals surface area contributed by atoms with Crippen LogP contribution in [-0.4, -0.2) is 9.97 Å². The fourth-order valence-corrected chi connectivity index (χ4v) is 13.6. The molecule has 0 unspecified atom stereocenters. The average molecular weight is 717 g/mol. The summed E-state index contributed by atoms with van der Waals surface area (Å²) in [7, 11) is -2.09. The van der Waals surface area contributed by atoms with Gasteiger partial charge in [-0.05, 0) is 127 Å². The number of hydrogen-bond acceptors (Lipinski definition) is 4. The number of benzene rings is 6. The van der Waals surface area contributed by atoms with Crippen molar-refractivity contribution in [1.29, 1.82) is 0 Å². The van der Waals surface area contributed by atoms with E-state index in [9.17, 15) is 0 Å². The van der Waals surface area contributed by atoms with Gasteiger partial charge in [0.2, 0.25) is 0 Å². The monoisotopic (exact) mass is 716 g/mol. The second-order valence-electron chi connectivity index (χ2n) is 14.4. The van der Waals surface area contributed by atoms with Gasteiger partial charge in [-0.25, -0.2) is 9.97 Å². The fraction of sp³-hybridized carbons (Fsp3) is 0.174. The minimum absolute atomic E-state index is 0.753. The molecule has 0 aliphatic heterocycles. The molecule has 8 rings (SSSR count). The van der Waals surface area contributed by atoms with Crippen molar-refractivity contribution in [2.75, 3.05) is 0 Å². The summed E-state index contributed by atoms with van der Waals surface area (Å²) in [5.74, 6) is 0. The number of fused-ring (bicyclic) bond motifs is 2. The summed E-state index contributed by atoms with van der Waals surface area (Å²) in [6, 6.07) is 36.7. The van der Waals surface area contributed by atoms with E-state index < -0.39 is 15.8 Å². The van der Waals surface area contributed by atoms with Gasteiger partial charge >= 0.3 is 0 Å². The number of hydrogen-bond donors (Lipinski definition) is 0. The second kappa shape index (κ2) is 13.6. The molecule has 6 aromatic carbocycles. The van der Waals surface area contributed by atoms with E-state index in [1.54, 1.807) is 12.8 Å². The SMILES string of the molecule is Cc1cc(C)cc(P(c2cc(C)cc(C)c2)c2ccc3ocnc3c2-c2c(P(c3cc(C)cc(C)c3)c3cc(C)cc(C)c3)ccc3ocnc23)c1. The summed E-state index contributed by atoms with van der Waals surface area (Å²) in [4.78, 5) is 9.96. The smallest absolute Gasteiger partial charge is 0.182 e. The van der Waals surface area contributed by atoms with Gasteiger partial charge in [0, 0.05) is 11.1 Å². The van der Waals surface area contributed by atoms with Crippen LogP contribution in [0.15, 0.2) is 119 Å². The van der Waals surface area contributed by atoms with Crippen molar-refractivity contribution < 1.29 is 8.83 Å². The molecular weight excluding hydrogens is 674 g/mol. The van der Waals surface area contributed by atoms with Crippen molar-refractivity contribution in [2.45, 2.75) is 55.4 Å². The molecule has 0 saturated carbocycles. The standard InChI is InChI=1S/C46H42N2O2P2/c1-27-13-28(2)18-35(17-27)51(36-19-29(3)14-30(4)20-36)41-11-9-39-45(47-25-49-39)43(41)44-42(12-10-40-46(44)48-26-50-40)52(37-21-31(5)15-32(6)22-37)38-23-33(7)16-34(8)24-38/h9-26H,1-8H3. The van der Waals surface area contributed by atoms with Crippen molar-refractivity contribution in [3.8, 4) is 11.1 Å². The third-order valence-electron chi connectivity index (χ3n) is 9.55. The van der Waals surface area contributed by atoms with Gasteiger partial charge < -0.3 is 8.83 Å². The number of aromatic nitrogens is 2. The molecule has 2 aromatic heterocycles. The van der Waals surface area contributed by atoms with Crippen LogP contribution in [0.1, 0.15) is 44.5 Å². The van der Waals surface area contributed by atoms with Gasteiger partial charge in [0.15, 0.2) is 24.0 Å². The molecule has 0 bridgehead atoms. The van der Waals surface area contributed by atoms with Crippen LogP contribution in [0.4, 0.5) is 0 Å². The Bertz CT molecular complexity index is 2280. The van der Waals surface area contributed by atoms with E-state index in [-0.39, 0.29) is 0 Å². The van der Waals surface area contributed by atoms with Crippen LogP contribution < -0.4 is 31.8 Å². The molecule has 0 aliphatic rings.